The first kappa shape index (κ1) is 35.6. The van der Waals surface area contributed by atoms with Crippen LogP contribution in [-0.2, 0) is 29.6 Å². The van der Waals surface area contributed by atoms with Crippen LogP contribution in [0.25, 0.3) is 0 Å². The maximum atomic E-state index is 13.7. The molecule has 3 aliphatic heterocycles. The molecule has 1 saturated heterocycles. The van der Waals surface area contributed by atoms with Gasteiger partial charge in [-0.25, -0.2) is 9.78 Å². The fourth-order valence-electron chi connectivity index (χ4n) is 6.30. The second kappa shape index (κ2) is 15.4. The van der Waals surface area contributed by atoms with E-state index in [4.69, 9.17) is 9.82 Å². The number of amides is 2. The van der Waals surface area contributed by atoms with Crippen LogP contribution in [0, 0.1) is 0 Å². The fraction of sp³-hybridized carbons (Fsp3) is 0.189. The summed E-state index contributed by atoms with van der Waals surface area (Å²) in [6.45, 7) is 0. The number of benzene rings is 3. The largest absolute Gasteiger partial charge is 0.477 e. The molecular formula is C37H31N5O6S4. The molecule has 52 heavy (non-hydrogen) atoms. The molecule has 3 N–H and O–H groups in total. The van der Waals surface area contributed by atoms with Crippen LogP contribution >= 0.6 is 46.6 Å². The first-order chi connectivity index (χ1) is 25.3. The Morgan fingerprint density at radius 2 is 1.60 bits per heavy atom. The first-order valence-corrected chi connectivity index (χ1v) is 19.9. The number of hydrogen-bond donors (Lipinski definition) is 3. The molecule has 3 aromatic carbocycles. The Bertz CT molecular complexity index is 2010. The van der Waals surface area contributed by atoms with Crippen LogP contribution in [-0.4, -0.2) is 79.4 Å². The van der Waals surface area contributed by atoms with Gasteiger partial charge in [0.2, 0.25) is 5.12 Å². The van der Waals surface area contributed by atoms with E-state index in [1.54, 1.807) is 11.5 Å². The van der Waals surface area contributed by atoms with Crippen LogP contribution in [0.4, 0.5) is 5.13 Å². The highest BCUT2D eigenvalue weighted by molar-refractivity contribution is 8.16. The minimum atomic E-state index is -1.22. The van der Waals surface area contributed by atoms with Gasteiger partial charge in [0.05, 0.1) is 0 Å². The van der Waals surface area contributed by atoms with Gasteiger partial charge in [0.1, 0.15) is 35.5 Å². The Labute approximate surface area is 316 Å². The Morgan fingerprint density at radius 1 is 0.981 bits per heavy atom. The van der Waals surface area contributed by atoms with E-state index in [9.17, 15) is 24.3 Å². The molecule has 0 radical (unpaired) electrons. The van der Waals surface area contributed by atoms with E-state index >= 15 is 0 Å². The van der Waals surface area contributed by atoms with Gasteiger partial charge in [-0.05, 0) is 27.2 Å². The minimum absolute atomic E-state index is 0.0225. The molecule has 11 nitrogen and oxygen atoms in total. The van der Waals surface area contributed by atoms with Crippen molar-refractivity contribution < 1.29 is 29.1 Å². The van der Waals surface area contributed by atoms with Crippen molar-refractivity contribution >= 4 is 80.4 Å². The quantitative estimate of drug-likeness (QED) is 0.0683. The molecule has 15 heteroatoms. The average Bonchev–Trinajstić information content (AvgIpc) is 3.82. The van der Waals surface area contributed by atoms with E-state index in [2.05, 4.69) is 52.2 Å². The number of fused-ring (bicyclic) bond motifs is 1. The second-order valence-corrected chi connectivity index (χ2v) is 15.8. The number of carboxylic acids is 1. The van der Waals surface area contributed by atoms with E-state index < -0.39 is 34.7 Å². The highest BCUT2D eigenvalue weighted by Gasteiger charge is 2.54. The van der Waals surface area contributed by atoms with Gasteiger partial charge in [-0.1, -0.05) is 108 Å². The number of carbonyl (C=O) groups excluding carboxylic acids is 3. The van der Waals surface area contributed by atoms with Crippen LogP contribution in [0.15, 0.2) is 124 Å². The summed E-state index contributed by atoms with van der Waals surface area (Å²) in [7, 11) is 1.32. The number of rotatable bonds is 13. The van der Waals surface area contributed by atoms with Crippen molar-refractivity contribution in [1.82, 2.24) is 15.2 Å². The van der Waals surface area contributed by atoms with Gasteiger partial charge in [-0.15, -0.1) is 34.9 Å². The predicted octanol–water partition coefficient (Wildman–Crippen LogP) is 5.53. The van der Waals surface area contributed by atoms with Gasteiger partial charge in [0.15, 0.2) is 10.8 Å². The molecule has 0 aliphatic carbocycles. The molecule has 0 unspecified atom stereocenters. The zero-order chi connectivity index (χ0) is 36.2. The Balaban J connectivity index is 1.12. The van der Waals surface area contributed by atoms with Crippen molar-refractivity contribution in [1.29, 1.82) is 0 Å². The summed E-state index contributed by atoms with van der Waals surface area (Å²) in [5, 5.41) is 22.1. The molecule has 1 aromatic heterocycles. The minimum Gasteiger partial charge on any atom is -0.477 e. The summed E-state index contributed by atoms with van der Waals surface area (Å²) < 4.78 is 0. The van der Waals surface area contributed by atoms with Gasteiger partial charge in [-0.3, -0.25) is 19.3 Å². The van der Waals surface area contributed by atoms with Crippen molar-refractivity contribution in [3.63, 3.8) is 0 Å². The molecular weight excluding hydrogens is 739 g/mol. The zero-order valence-corrected chi connectivity index (χ0v) is 30.8. The number of carboxylic acid groups (broad SMARTS) is 1. The Hall–Kier alpha value is -4.83. The standard InChI is InChI=1S/C37H31N5O6S4/c1-48-41-29(32(44)39-30-33(45)42-31(35(46)47)22(19-51-34(30)42)18-49-26-17-28(43)50-20-26)27-21-52-36(38-27)40-37(23-11-5-2-6-12-23,24-13-7-3-8-14-24)25-15-9-4-10-16-25/h2-17,21,30,34H,18-20H2,1H3,(H,38,40)(H,39,44)(H,46,47)/b41-29-/t30-,34-/m1/s1. The van der Waals surface area contributed by atoms with E-state index in [1.807, 2.05) is 54.6 Å². The second-order valence-electron chi connectivity index (χ2n) is 11.8. The van der Waals surface area contributed by atoms with Crippen molar-refractivity contribution in [3.05, 3.63) is 141 Å². The number of oxime groups is 1. The Morgan fingerprint density at radius 3 is 2.13 bits per heavy atom. The number of nitrogens with one attached hydrogen (secondary N) is 2. The Kier molecular flexibility index (Phi) is 10.5. The van der Waals surface area contributed by atoms with E-state index in [1.165, 1.54) is 58.6 Å². The van der Waals surface area contributed by atoms with Crippen molar-refractivity contribution in [3.8, 4) is 0 Å². The number of aromatic nitrogens is 1. The molecule has 0 saturated carbocycles. The number of nitrogens with zero attached hydrogens (tertiary/aromatic N) is 3. The number of hydrogen-bond acceptors (Lipinski definition) is 12. The molecule has 2 amide bonds. The first-order valence-electron chi connectivity index (χ1n) is 16.0. The molecule has 0 spiro atoms. The topological polar surface area (TPSA) is 150 Å². The normalized spacial score (nSPS) is 18.8. The highest BCUT2D eigenvalue weighted by Crippen LogP contribution is 2.43. The highest BCUT2D eigenvalue weighted by atomic mass is 32.2. The number of anilines is 1. The van der Waals surface area contributed by atoms with E-state index in [0.29, 0.717) is 28.0 Å². The molecule has 264 valence electrons. The summed E-state index contributed by atoms with van der Waals surface area (Å²) in [5.74, 6) is -1.18. The third-order valence-electron chi connectivity index (χ3n) is 8.66. The summed E-state index contributed by atoms with van der Waals surface area (Å²) in [5.41, 5.74) is 2.69. The monoisotopic (exact) mass is 769 g/mol. The lowest BCUT2D eigenvalue weighted by molar-refractivity contribution is -0.150. The molecule has 0 bridgehead atoms. The van der Waals surface area contributed by atoms with Crippen LogP contribution in [0.5, 0.6) is 0 Å². The number of thiazole rings is 1. The van der Waals surface area contributed by atoms with Gasteiger partial charge >= 0.3 is 5.97 Å². The third-order valence-corrected chi connectivity index (χ3v) is 12.9. The van der Waals surface area contributed by atoms with Crippen LogP contribution in [0.2, 0.25) is 0 Å². The lowest BCUT2D eigenvalue weighted by Gasteiger charge is -2.49. The van der Waals surface area contributed by atoms with Gasteiger partial charge in [0, 0.05) is 28.7 Å². The zero-order valence-electron chi connectivity index (χ0n) is 27.6. The number of thioether (sulfide) groups is 3. The van der Waals surface area contributed by atoms with Gasteiger partial charge in [0.25, 0.3) is 11.8 Å². The summed E-state index contributed by atoms with van der Waals surface area (Å²) >= 11 is 5.27. The van der Waals surface area contributed by atoms with Crippen molar-refractivity contribution in [2.75, 3.05) is 29.7 Å². The van der Waals surface area contributed by atoms with Crippen molar-refractivity contribution in [2.45, 2.75) is 17.0 Å². The average molecular weight is 770 g/mol. The number of β-lactam (4-membered cyclic amide) rings is 1. The summed E-state index contributed by atoms with van der Waals surface area (Å²) in [6, 6.07) is 29.1. The number of carbonyl (C=O) groups is 4. The van der Waals surface area contributed by atoms with E-state index in [0.717, 1.165) is 21.6 Å². The molecule has 1 fully saturated rings. The SMILES string of the molecule is CO/N=C(\C(=O)N[C@@H]1C(=O)N2C(C(=O)O)=C(CSC3=CC(=O)SC3)CS[C@H]12)c1csc(NC(c2ccccc2)(c2ccccc2)c2ccccc2)n1. The lowest BCUT2D eigenvalue weighted by Crippen LogP contribution is -2.71. The lowest BCUT2D eigenvalue weighted by atomic mass is 9.77. The molecule has 3 aliphatic rings. The molecule has 7 rings (SSSR count). The van der Waals surface area contributed by atoms with Crippen LogP contribution in [0.1, 0.15) is 22.4 Å². The van der Waals surface area contributed by atoms with Crippen LogP contribution < -0.4 is 10.6 Å². The van der Waals surface area contributed by atoms with Crippen LogP contribution in [0.3, 0.4) is 0 Å². The maximum absolute atomic E-state index is 13.7. The molecule has 4 aromatic rings. The third kappa shape index (κ3) is 6.88. The van der Waals surface area contributed by atoms with Gasteiger partial charge < -0.3 is 20.6 Å². The van der Waals surface area contributed by atoms with E-state index in [-0.39, 0.29) is 22.2 Å². The maximum Gasteiger partial charge on any atom is 0.352 e. The molecule has 2 atom stereocenters. The fourth-order valence-corrected chi connectivity index (χ4v) is 10.5. The smallest absolute Gasteiger partial charge is 0.352 e. The summed E-state index contributed by atoms with van der Waals surface area (Å²) in [4.78, 5) is 63.1. The predicted molar refractivity (Wildman–Crippen MR) is 206 cm³/mol. The number of aliphatic carboxylic acids is 1. The van der Waals surface area contributed by atoms with Gasteiger partial charge in [-0.2, -0.15) is 0 Å². The summed E-state index contributed by atoms with van der Waals surface area (Å²) in [6.07, 6.45) is 1.56. The molecule has 4 heterocycles. The van der Waals surface area contributed by atoms with Crippen molar-refractivity contribution in [2.24, 2.45) is 5.16 Å².